The molecule has 0 aromatic rings. The molecule has 2 nitrogen and oxygen atoms in total. The number of nitrogens with zero attached hydrogens (tertiary/aromatic N) is 1. The molecule has 0 atom stereocenters. The normalized spacial score (nSPS) is 23.0. The van der Waals surface area contributed by atoms with E-state index in [1.807, 2.05) is 0 Å². The Balaban J connectivity index is 2.22. The molecule has 8 heavy (non-hydrogen) atoms. The molecular weight excluding hydrogens is 102 g/mol. The minimum absolute atomic E-state index is 0.476. The van der Waals surface area contributed by atoms with Crippen LogP contribution < -0.4 is 0 Å². The maximum absolute atomic E-state index is 5.11. The molecule has 0 saturated carbocycles. The van der Waals surface area contributed by atoms with Gasteiger partial charge in [0.15, 0.2) is 0 Å². The molecule has 1 aliphatic heterocycles. The molecule has 0 unspecified atom stereocenters. The Labute approximate surface area is 49.6 Å². The highest BCUT2D eigenvalue weighted by Crippen LogP contribution is 2.08. The summed E-state index contributed by atoms with van der Waals surface area (Å²) >= 11 is 0. The monoisotopic (exact) mass is 113 g/mol. The predicted octanol–water partition coefficient (Wildman–Crippen LogP) is 0.866. The van der Waals surface area contributed by atoms with Crippen LogP contribution in [0.4, 0.5) is 0 Å². The Bertz CT molecular complexity index is 76.6. The average Bonchev–Trinajstić information content (AvgIpc) is 1.90. The van der Waals surface area contributed by atoms with Crippen molar-refractivity contribution in [3.63, 3.8) is 0 Å². The van der Waals surface area contributed by atoms with Gasteiger partial charge in [-0.05, 0) is 19.6 Å². The summed E-state index contributed by atoms with van der Waals surface area (Å²) in [5.74, 6) is 0. The van der Waals surface area contributed by atoms with Crippen LogP contribution in [0.2, 0.25) is 0 Å². The molecule has 1 saturated heterocycles. The first-order valence-corrected chi connectivity index (χ1v) is 2.97. The van der Waals surface area contributed by atoms with Crippen molar-refractivity contribution in [1.29, 1.82) is 0 Å². The second kappa shape index (κ2) is 2.82. The zero-order valence-corrected chi connectivity index (χ0v) is 4.97. The molecule has 1 heterocycles. The van der Waals surface area contributed by atoms with E-state index in [1.54, 1.807) is 0 Å². The van der Waals surface area contributed by atoms with Crippen LogP contribution >= 0.6 is 0 Å². The zero-order valence-electron chi connectivity index (χ0n) is 4.97. The molecular formula is C6H11NO. The van der Waals surface area contributed by atoms with Crippen molar-refractivity contribution < 1.29 is 4.74 Å². The number of ether oxygens (including phenoxy) is 1. The van der Waals surface area contributed by atoms with E-state index in [9.17, 15) is 0 Å². The maximum atomic E-state index is 5.11. The van der Waals surface area contributed by atoms with Gasteiger partial charge in [-0.3, -0.25) is 4.99 Å². The average molecular weight is 113 g/mol. The molecule has 46 valence electrons. The number of hydrogen-bond acceptors (Lipinski definition) is 2. The lowest BCUT2D eigenvalue weighted by molar-refractivity contribution is 0.0873. The first-order chi connectivity index (χ1) is 3.93. The van der Waals surface area contributed by atoms with E-state index in [0.29, 0.717) is 6.04 Å². The fourth-order valence-electron chi connectivity index (χ4n) is 0.868. The van der Waals surface area contributed by atoms with Crippen LogP contribution in [-0.4, -0.2) is 26.0 Å². The van der Waals surface area contributed by atoms with Crippen LogP contribution in [0.1, 0.15) is 12.8 Å². The topological polar surface area (TPSA) is 21.6 Å². The summed E-state index contributed by atoms with van der Waals surface area (Å²) in [4.78, 5) is 3.92. The van der Waals surface area contributed by atoms with Gasteiger partial charge in [0.2, 0.25) is 0 Å². The molecule has 2 heteroatoms. The van der Waals surface area contributed by atoms with Gasteiger partial charge in [-0.1, -0.05) is 0 Å². The van der Waals surface area contributed by atoms with Crippen LogP contribution in [0.15, 0.2) is 4.99 Å². The highest BCUT2D eigenvalue weighted by molar-refractivity contribution is 5.24. The van der Waals surface area contributed by atoms with Crippen LogP contribution in [0, 0.1) is 0 Å². The lowest BCUT2D eigenvalue weighted by Crippen LogP contribution is -2.17. The summed E-state index contributed by atoms with van der Waals surface area (Å²) in [5, 5.41) is 0. The fraction of sp³-hybridized carbons (Fsp3) is 0.833. The highest BCUT2D eigenvalue weighted by atomic mass is 16.5. The molecule has 0 aromatic carbocycles. The molecule has 0 aromatic heterocycles. The summed E-state index contributed by atoms with van der Waals surface area (Å²) in [5.41, 5.74) is 0. The van der Waals surface area contributed by atoms with E-state index in [2.05, 4.69) is 11.7 Å². The Kier molecular flexibility index (Phi) is 2.03. The molecule has 0 aliphatic carbocycles. The first-order valence-electron chi connectivity index (χ1n) is 2.97. The van der Waals surface area contributed by atoms with Gasteiger partial charge < -0.3 is 4.74 Å². The third-order valence-electron chi connectivity index (χ3n) is 1.45. The van der Waals surface area contributed by atoms with E-state index in [4.69, 9.17) is 4.74 Å². The molecule has 0 spiro atoms. The first kappa shape index (κ1) is 5.76. The predicted molar refractivity (Wildman–Crippen MR) is 33.4 cm³/mol. The van der Waals surface area contributed by atoms with Gasteiger partial charge >= 0.3 is 0 Å². The van der Waals surface area contributed by atoms with Gasteiger partial charge in [-0.25, -0.2) is 0 Å². The molecule has 0 bridgehead atoms. The van der Waals surface area contributed by atoms with E-state index in [1.165, 1.54) is 0 Å². The molecule has 0 radical (unpaired) electrons. The molecule has 0 N–H and O–H groups in total. The Hall–Kier alpha value is -0.370. The van der Waals surface area contributed by atoms with Crippen molar-refractivity contribution in [2.24, 2.45) is 4.99 Å². The summed E-state index contributed by atoms with van der Waals surface area (Å²) in [7, 11) is 0. The van der Waals surface area contributed by atoms with Crippen molar-refractivity contribution in [3.05, 3.63) is 0 Å². The minimum Gasteiger partial charge on any atom is -0.381 e. The Morgan fingerprint density at radius 1 is 1.38 bits per heavy atom. The van der Waals surface area contributed by atoms with Crippen LogP contribution in [0.5, 0.6) is 0 Å². The number of aliphatic imine (C=N–C) groups is 1. The van der Waals surface area contributed by atoms with Gasteiger partial charge in [-0.2, -0.15) is 0 Å². The zero-order chi connectivity index (χ0) is 5.82. The minimum atomic E-state index is 0.476. The fourth-order valence-corrected chi connectivity index (χ4v) is 0.868. The van der Waals surface area contributed by atoms with E-state index in [-0.39, 0.29) is 0 Å². The largest absolute Gasteiger partial charge is 0.381 e. The van der Waals surface area contributed by atoms with Crippen LogP contribution in [0.3, 0.4) is 0 Å². The van der Waals surface area contributed by atoms with Gasteiger partial charge in [-0.15, -0.1) is 0 Å². The van der Waals surface area contributed by atoms with E-state index >= 15 is 0 Å². The summed E-state index contributed by atoms with van der Waals surface area (Å²) in [6, 6.07) is 0.476. The second-order valence-electron chi connectivity index (χ2n) is 2.03. The summed E-state index contributed by atoms with van der Waals surface area (Å²) in [6.45, 7) is 5.21. The van der Waals surface area contributed by atoms with Crippen molar-refractivity contribution in [3.8, 4) is 0 Å². The third kappa shape index (κ3) is 1.30. The lowest BCUT2D eigenvalue weighted by atomic mass is 10.1. The maximum Gasteiger partial charge on any atom is 0.0536 e. The van der Waals surface area contributed by atoms with Crippen LogP contribution in [-0.2, 0) is 4.74 Å². The van der Waals surface area contributed by atoms with E-state index in [0.717, 1.165) is 26.1 Å². The molecule has 0 amide bonds. The van der Waals surface area contributed by atoms with Crippen molar-refractivity contribution in [1.82, 2.24) is 0 Å². The Morgan fingerprint density at radius 3 is 2.38 bits per heavy atom. The lowest BCUT2D eigenvalue weighted by Gasteiger charge is -2.16. The summed E-state index contributed by atoms with van der Waals surface area (Å²) in [6.07, 6.45) is 2.12. The second-order valence-corrected chi connectivity index (χ2v) is 2.03. The SMILES string of the molecule is C=NC1CCOCC1. The summed E-state index contributed by atoms with van der Waals surface area (Å²) < 4.78 is 5.11. The van der Waals surface area contributed by atoms with E-state index < -0.39 is 0 Å². The van der Waals surface area contributed by atoms with Crippen LogP contribution in [0.25, 0.3) is 0 Å². The Morgan fingerprint density at radius 2 is 2.00 bits per heavy atom. The molecule has 1 fully saturated rings. The van der Waals surface area contributed by atoms with Gasteiger partial charge in [0.1, 0.15) is 0 Å². The van der Waals surface area contributed by atoms with Gasteiger partial charge in [0.25, 0.3) is 0 Å². The van der Waals surface area contributed by atoms with Crippen molar-refractivity contribution in [2.45, 2.75) is 18.9 Å². The molecule has 1 aliphatic rings. The number of hydrogen-bond donors (Lipinski definition) is 0. The molecule has 1 rings (SSSR count). The van der Waals surface area contributed by atoms with Gasteiger partial charge in [0, 0.05) is 13.2 Å². The smallest absolute Gasteiger partial charge is 0.0536 e. The van der Waals surface area contributed by atoms with Crippen molar-refractivity contribution in [2.75, 3.05) is 13.2 Å². The van der Waals surface area contributed by atoms with Crippen molar-refractivity contribution >= 4 is 6.72 Å². The highest BCUT2D eigenvalue weighted by Gasteiger charge is 2.09. The van der Waals surface area contributed by atoms with Gasteiger partial charge in [0.05, 0.1) is 6.04 Å². The third-order valence-corrected chi connectivity index (χ3v) is 1.45. The number of rotatable bonds is 1. The standard InChI is InChI=1S/C6H11NO/c1-7-6-2-4-8-5-3-6/h6H,1-5H2. The quantitative estimate of drug-likeness (QED) is 0.462.